The topological polar surface area (TPSA) is 75.4 Å². The number of benzene rings is 1. The zero-order chi connectivity index (χ0) is 14.5. The molecular weight excluding hydrogens is 262 g/mol. The van der Waals surface area contributed by atoms with E-state index in [2.05, 4.69) is 4.72 Å². The van der Waals surface area contributed by atoms with E-state index in [4.69, 9.17) is 5.73 Å². The third-order valence-electron chi connectivity index (χ3n) is 2.72. The first-order valence-electron chi connectivity index (χ1n) is 6.34. The van der Waals surface area contributed by atoms with Gasteiger partial charge < -0.3 is 5.73 Å². The Kier molecular flexibility index (Phi) is 5.93. The maximum absolute atomic E-state index is 12.0. The van der Waals surface area contributed by atoms with Gasteiger partial charge >= 0.3 is 0 Å². The van der Waals surface area contributed by atoms with E-state index >= 15 is 0 Å². The van der Waals surface area contributed by atoms with Crippen LogP contribution in [0.5, 0.6) is 0 Å². The molecule has 3 N–H and O–H groups in total. The number of hydrogen-bond donors (Lipinski definition) is 2. The minimum atomic E-state index is -3.42. The molecule has 0 bridgehead atoms. The van der Waals surface area contributed by atoms with Crippen molar-refractivity contribution in [2.45, 2.75) is 26.9 Å². The summed E-state index contributed by atoms with van der Waals surface area (Å²) in [6.07, 6.45) is 0. The standard InChI is InChI=1S/C13H23N3O2S/c1-11(2)9-15-19(17,18)16(3)10-13-6-4-5-12(7-13)8-14/h4-7,11,15H,8-10,14H2,1-3H3. The van der Waals surface area contributed by atoms with Crippen molar-refractivity contribution in [2.75, 3.05) is 13.6 Å². The molecule has 19 heavy (non-hydrogen) atoms. The average Bonchev–Trinajstić information content (AvgIpc) is 2.36. The van der Waals surface area contributed by atoms with Crippen LogP contribution in [0.25, 0.3) is 0 Å². The maximum atomic E-state index is 12.0. The minimum Gasteiger partial charge on any atom is -0.326 e. The highest BCUT2D eigenvalue weighted by atomic mass is 32.2. The van der Waals surface area contributed by atoms with Gasteiger partial charge in [0.15, 0.2) is 0 Å². The molecule has 5 nitrogen and oxygen atoms in total. The van der Waals surface area contributed by atoms with E-state index in [-0.39, 0.29) is 5.92 Å². The summed E-state index contributed by atoms with van der Waals surface area (Å²) < 4.78 is 27.9. The van der Waals surface area contributed by atoms with Gasteiger partial charge in [-0.15, -0.1) is 0 Å². The first kappa shape index (κ1) is 16.1. The Morgan fingerprint density at radius 3 is 2.53 bits per heavy atom. The lowest BCUT2D eigenvalue weighted by molar-refractivity contribution is 0.449. The Bertz CT molecular complexity index is 500. The van der Waals surface area contributed by atoms with Crippen molar-refractivity contribution in [1.29, 1.82) is 0 Å². The Morgan fingerprint density at radius 1 is 1.32 bits per heavy atom. The molecule has 0 aliphatic rings. The summed E-state index contributed by atoms with van der Waals surface area (Å²) in [5.41, 5.74) is 7.50. The van der Waals surface area contributed by atoms with Gasteiger partial charge in [-0.05, 0) is 17.0 Å². The van der Waals surface area contributed by atoms with E-state index in [0.717, 1.165) is 11.1 Å². The number of rotatable bonds is 7. The molecule has 0 saturated heterocycles. The monoisotopic (exact) mass is 285 g/mol. The molecule has 0 unspecified atom stereocenters. The van der Waals surface area contributed by atoms with Crippen LogP contribution >= 0.6 is 0 Å². The molecule has 0 spiro atoms. The zero-order valence-corrected chi connectivity index (χ0v) is 12.6. The summed E-state index contributed by atoms with van der Waals surface area (Å²) in [6.45, 7) is 5.16. The lowest BCUT2D eigenvalue weighted by atomic mass is 10.1. The quantitative estimate of drug-likeness (QED) is 0.787. The minimum absolute atomic E-state index is 0.281. The van der Waals surface area contributed by atoms with Crippen LogP contribution in [-0.4, -0.2) is 26.3 Å². The van der Waals surface area contributed by atoms with Crippen LogP contribution in [0.1, 0.15) is 25.0 Å². The number of nitrogens with two attached hydrogens (primary N) is 1. The van der Waals surface area contributed by atoms with Crippen molar-refractivity contribution in [3.63, 3.8) is 0 Å². The van der Waals surface area contributed by atoms with Gasteiger partial charge in [0.1, 0.15) is 0 Å². The molecule has 0 radical (unpaired) electrons. The summed E-state index contributed by atoms with van der Waals surface area (Å²) in [5, 5.41) is 0. The number of hydrogen-bond acceptors (Lipinski definition) is 3. The Labute approximate surface area is 116 Å². The van der Waals surface area contributed by atoms with E-state index < -0.39 is 10.2 Å². The highest BCUT2D eigenvalue weighted by Crippen LogP contribution is 2.09. The van der Waals surface area contributed by atoms with Gasteiger partial charge in [0.05, 0.1) is 0 Å². The van der Waals surface area contributed by atoms with E-state index in [1.165, 1.54) is 4.31 Å². The predicted octanol–water partition coefficient (Wildman–Crippen LogP) is 1.07. The molecule has 1 rings (SSSR count). The van der Waals surface area contributed by atoms with Gasteiger partial charge in [0.2, 0.25) is 0 Å². The fourth-order valence-corrected chi connectivity index (χ4v) is 2.66. The Hall–Kier alpha value is -0.950. The summed E-state index contributed by atoms with van der Waals surface area (Å²) in [5.74, 6) is 0.281. The molecule has 1 aromatic rings. The smallest absolute Gasteiger partial charge is 0.279 e. The third kappa shape index (κ3) is 5.28. The van der Waals surface area contributed by atoms with Gasteiger partial charge in [0, 0.05) is 26.7 Å². The second-order valence-corrected chi connectivity index (χ2v) is 6.89. The molecule has 0 saturated carbocycles. The summed E-state index contributed by atoms with van der Waals surface area (Å²) in [4.78, 5) is 0. The van der Waals surface area contributed by atoms with Crippen molar-refractivity contribution in [3.05, 3.63) is 35.4 Å². The van der Waals surface area contributed by atoms with Crippen LogP contribution in [0.15, 0.2) is 24.3 Å². The van der Waals surface area contributed by atoms with Crippen LogP contribution in [0, 0.1) is 5.92 Å². The average molecular weight is 285 g/mol. The summed E-state index contributed by atoms with van der Waals surface area (Å²) >= 11 is 0. The van der Waals surface area contributed by atoms with Gasteiger partial charge in [0.25, 0.3) is 10.2 Å². The normalized spacial score (nSPS) is 12.3. The van der Waals surface area contributed by atoms with Crippen LogP contribution in [0.3, 0.4) is 0 Å². The van der Waals surface area contributed by atoms with Gasteiger partial charge in [-0.25, -0.2) is 4.72 Å². The molecule has 0 aromatic heterocycles. The number of nitrogens with one attached hydrogen (secondary N) is 1. The van der Waals surface area contributed by atoms with E-state index in [1.807, 2.05) is 38.1 Å². The molecule has 0 aliphatic heterocycles. The molecule has 0 fully saturated rings. The molecule has 0 atom stereocenters. The van der Waals surface area contributed by atoms with Gasteiger partial charge in [-0.1, -0.05) is 38.1 Å². The summed E-state index contributed by atoms with van der Waals surface area (Å²) in [6, 6.07) is 7.64. The molecule has 0 amide bonds. The fourth-order valence-electron chi connectivity index (χ4n) is 1.58. The lowest BCUT2D eigenvalue weighted by Crippen LogP contribution is -2.39. The molecule has 6 heteroatoms. The highest BCUT2D eigenvalue weighted by Gasteiger charge is 2.17. The summed E-state index contributed by atoms with van der Waals surface area (Å²) in [7, 11) is -1.85. The van der Waals surface area contributed by atoms with E-state index in [9.17, 15) is 8.42 Å². The van der Waals surface area contributed by atoms with Gasteiger partial charge in [-0.3, -0.25) is 0 Å². The predicted molar refractivity (Wildman–Crippen MR) is 77.6 cm³/mol. The van der Waals surface area contributed by atoms with Crippen molar-refractivity contribution >= 4 is 10.2 Å². The van der Waals surface area contributed by atoms with Crippen LogP contribution in [0.4, 0.5) is 0 Å². The molecule has 0 heterocycles. The first-order chi connectivity index (χ1) is 8.85. The van der Waals surface area contributed by atoms with Crippen LogP contribution in [-0.2, 0) is 23.3 Å². The Morgan fingerprint density at radius 2 is 1.95 bits per heavy atom. The van der Waals surface area contributed by atoms with Crippen molar-refractivity contribution in [3.8, 4) is 0 Å². The van der Waals surface area contributed by atoms with Gasteiger partial charge in [-0.2, -0.15) is 12.7 Å². The fraction of sp³-hybridized carbons (Fsp3) is 0.538. The highest BCUT2D eigenvalue weighted by molar-refractivity contribution is 7.87. The number of nitrogens with zero attached hydrogens (tertiary/aromatic N) is 1. The molecular formula is C13H23N3O2S. The van der Waals surface area contributed by atoms with Crippen molar-refractivity contribution in [1.82, 2.24) is 9.03 Å². The second-order valence-electron chi connectivity index (χ2n) is 5.03. The molecule has 0 aliphatic carbocycles. The molecule has 108 valence electrons. The SMILES string of the molecule is CC(C)CNS(=O)(=O)N(C)Cc1cccc(CN)c1. The van der Waals surface area contributed by atoms with E-state index in [0.29, 0.717) is 19.6 Å². The van der Waals surface area contributed by atoms with Crippen LogP contribution < -0.4 is 10.5 Å². The third-order valence-corrected chi connectivity index (χ3v) is 4.20. The molecule has 1 aromatic carbocycles. The largest absolute Gasteiger partial charge is 0.326 e. The van der Waals surface area contributed by atoms with Crippen LogP contribution in [0.2, 0.25) is 0 Å². The second kappa shape index (κ2) is 7.00. The first-order valence-corrected chi connectivity index (χ1v) is 7.78. The lowest BCUT2D eigenvalue weighted by Gasteiger charge is -2.19. The van der Waals surface area contributed by atoms with Crippen molar-refractivity contribution < 1.29 is 8.42 Å². The maximum Gasteiger partial charge on any atom is 0.279 e. The van der Waals surface area contributed by atoms with Crippen molar-refractivity contribution in [2.24, 2.45) is 11.7 Å². The van der Waals surface area contributed by atoms with E-state index in [1.54, 1.807) is 7.05 Å². The Balaban J connectivity index is 2.69. The zero-order valence-electron chi connectivity index (χ0n) is 11.8.